The van der Waals surface area contributed by atoms with Gasteiger partial charge in [-0.15, -0.1) is 0 Å². The predicted molar refractivity (Wildman–Crippen MR) is 65.9 cm³/mol. The van der Waals surface area contributed by atoms with Gasteiger partial charge in [-0.25, -0.2) is 13.4 Å². The van der Waals surface area contributed by atoms with Crippen LogP contribution in [0.4, 0.5) is 11.5 Å². The topological polar surface area (TPSA) is 105 Å². The van der Waals surface area contributed by atoms with Gasteiger partial charge in [0, 0.05) is 42.3 Å². The number of anilines is 2. The highest BCUT2D eigenvalue weighted by Crippen LogP contribution is 2.21. The third-order valence-electron chi connectivity index (χ3n) is 1.68. The molecule has 1 rings (SSSR count). The maximum Gasteiger partial charge on any atom is 0.278 e. The first kappa shape index (κ1) is 14.4. The zero-order chi connectivity index (χ0) is 13.9. The number of carbonyl (C=O) groups excluding carboxylic acids is 2. The molecule has 98 valence electrons. The molecule has 0 bridgehead atoms. The van der Waals surface area contributed by atoms with Gasteiger partial charge in [-0.05, 0) is 0 Å². The van der Waals surface area contributed by atoms with Crippen LogP contribution in [0.2, 0.25) is 0 Å². The van der Waals surface area contributed by atoms with E-state index in [4.69, 9.17) is 10.7 Å². The average molecular weight is 292 g/mol. The van der Waals surface area contributed by atoms with Crippen molar-refractivity contribution in [2.24, 2.45) is 0 Å². The van der Waals surface area contributed by atoms with E-state index in [9.17, 15) is 18.0 Å². The summed E-state index contributed by atoms with van der Waals surface area (Å²) in [5.41, 5.74) is 0.167. The number of halogens is 1. The zero-order valence-corrected chi connectivity index (χ0v) is 11.1. The Bertz CT molecular complexity index is 566. The van der Waals surface area contributed by atoms with Gasteiger partial charge in [-0.2, -0.15) is 0 Å². The average Bonchev–Trinajstić information content (AvgIpc) is 2.13. The lowest BCUT2D eigenvalue weighted by molar-refractivity contribution is -0.115. The Kier molecular flexibility index (Phi) is 4.25. The first-order chi connectivity index (χ1) is 8.18. The molecule has 2 amide bonds. The quantitative estimate of drug-likeness (QED) is 0.806. The van der Waals surface area contributed by atoms with Crippen molar-refractivity contribution in [2.75, 3.05) is 10.6 Å². The van der Waals surface area contributed by atoms with Gasteiger partial charge in [0.05, 0.1) is 0 Å². The molecule has 0 radical (unpaired) electrons. The summed E-state index contributed by atoms with van der Waals surface area (Å²) in [4.78, 5) is 25.4. The lowest BCUT2D eigenvalue weighted by Gasteiger charge is -2.07. The Balaban J connectivity index is 3.28. The minimum absolute atomic E-state index is 0.0204. The van der Waals surface area contributed by atoms with E-state index in [-0.39, 0.29) is 11.5 Å². The van der Waals surface area contributed by atoms with Crippen molar-refractivity contribution in [3.63, 3.8) is 0 Å². The Morgan fingerprint density at radius 1 is 1.17 bits per heavy atom. The van der Waals surface area contributed by atoms with E-state index in [1.165, 1.54) is 19.9 Å². The van der Waals surface area contributed by atoms with Crippen LogP contribution < -0.4 is 10.6 Å². The van der Waals surface area contributed by atoms with E-state index in [2.05, 4.69) is 15.6 Å². The van der Waals surface area contributed by atoms with Gasteiger partial charge in [0.15, 0.2) is 5.03 Å². The van der Waals surface area contributed by atoms with E-state index < -0.39 is 25.9 Å². The fraction of sp³-hybridized carbons (Fsp3) is 0.222. The predicted octanol–water partition coefficient (Wildman–Crippen LogP) is 0.926. The largest absolute Gasteiger partial charge is 0.326 e. The second kappa shape index (κ2) is 5.32. The van der Waals surface area contributed by atoms with Crippen LogP contribution in [0.5, 0.6) is 0 Å². The number of carbonyl (C=O) groups is 2. The van der Waals surface area contributed by atoms with Crippen molar-refractivity contribution in [1.82, 2.24) is 4.98 Å². The molecule has 0 aliphatic rings. The van der Waals surface area contributed by atoms with Crippen molar-refractivity contribution in [3.05, 3.63) is 12.1 Å². The maximum absolute atomic E-state index is 11.2. The number of rotatable bonds is 3. The van der Waals surface area contributed by atoms with E-state index in [1.807, 2.05) is 0 Å². The summed E-state index contributed by atoms with van der Waals surface area (Å²) in [5, 5.41) is 4.22. The monoisotopic (exact) mass is 291 g/mol. The molecule has 0 unspecified atom stereocenters. The van der Waals surface area contributed by atoms with E-state index in [0.29, 0.717) is 0 Å². The van der Waals surface area contributed by atoms with Gasteiger partial charge >= 0.3 is 0 Å². The molecule has 0 aliphatic heterocycles. The lowest BCUT2D eigenvalue weighted by atomic mass is 10.3. The Morgan fingerprint density at radius 2 is 1.72 bits per heavy atom. The van der Waals surface area contributed by atoms with Crippen molar-refractivity contribution in [3.8, 4) is 0 Å². The van der Waals surface area contributed by atoms with Crippen LogP contribution in [0.15, 0.2) is 17.2 Å². The molecule has 7 nitrogen and oxygen atoms in total. The normalized spacial score (nSPS) is 10.8. The first-order valence-electron chi connectivity index (χ1n) is 4.70. The summed E-state index contributed by atoms with van der Waals surface area (Å²) >= 11 is 0. The molecule has 9 heteroatoms. The van der Waals surface area contributed by atoms with Gasteiger partial charge in [0.1, 0.15) is 5.82 Å². The summed E-state index contributed by atoms with van der Waals surface area (Å²) in [5.74, 6) is -0.846. The third kappa shape index (κ3) is 4.30. The summed E-state index contributed by atoms with van der Waals surface area (Å²) in [6.45, 7) is 2.50. The van der Waals surface area contributed by atoms with E-state index in [0.717, 1.165) is 6.07 Å². The molecule has 2 N–H and O–H groups in total. The maximum atomic E-state index is 11.2. The smallest absolute Gasteiger partial charge is 0.278 e. The fourth-order valence-electron chi connectivity index (χ4n) is 1.15. The SMILES string of the molecule is CC(=O)Nc1cc(NC(C)=O)nc(S(=O)(=O)Cl)c1. The molecular formula is C9H10ClN3O4S. The molecule has 0 saturated carbocycles. The van der Waals surface area contributed by atoms with Crippen molar-refractivity contribution >= 4 is 43.1 Å². The Morgan fingerprint density at radius 3 is 2.17 bits per heavy atom. The number of amides is 2. The van der Waals surface area contributed by atoms with Crippen LogP contribution in [-0.4, -0.2) is 25.2 Å². The highest BCUT2D eigenvalue weighted by atomic mass is 35.7. The number of pyridine rings is 1. The molecule has 1 aromatic rings. The Labute approximate surface area is 108 Å². The van der Waals surface area contributed by atoms with Gasteiger partial charge < -0.3 is 10.6 Å². The third-order valence-corrected chi connectivity index (χ3v) is 2.86. The number of aromatic nitrogens is 1. The minimum atomic E-state index is -4.06. The summed E-state index contributed by atoms with van der Waals surface area (Å²) in [7, 11) is 1.10. The summed E-state index contributed by atoms with van der Waals surface area (Å²) in [6, 6.07) is 2.41. The molecule has 0 saturated heterocycles. The second-order valence-corrected chi connectivity index (χ2v) is 5.89. The first-order valence-corrected chi connectivity index (χ1v) is 7.01. The van der Waals surface area contributed by atoms with E-state index in [1.54, 1.807) is 0 Å². The molecule has 1 aromatic heterocycles. The highest BCUT2D eigenvalue weighted by molar-refractivity contribution is 8.13. The number of nitrogens with one attached hydrogen (secondary N) is 2. The van der Waals surface area contributed by atoms with Crippen molar-refractivity contribution in [1.29, 1.82) is 0 Å². The molecule has 0 spiro atoms. The minimum Gasteiger partial charge on any atom is -0.326 e. The van der Waals surface area contributed by atoms with Gasteiger partial charge in [0.2, 0.25) is 11.8 Å². The lowest BCUT2D eigenvalue weighted by Crippen LogP contribution is -2.12. The summed E-state index contributed by atoms with van der Waals surface area (Å²) in [6.07, 6.45) is 0. The van der Waals surface area contributed by atoms with Crippen molar-refractivity contribution < 1.29 is 18.0 Å². The fourth-order valence-corrected chi connectivity index (χ4v) is 1.86. The van der Waals surface area contributed by atoms with Crippen LogP contribution >= 0.6 is 10.7 Å². The highest BCUT2D eigenvalue weighted by Gasteiger charge is 2.15. The summed E-state index contributed by atoms with van der Waals surface area (Å²) < 4.78 is 22.4. The Hall–Kier alpha value is -1.67. The van der Waals surface area contributed by atoms with Crippen molar-refractivity contribution in [2.45, 2.75) is 18.9 Å². The van der Waals surface area contributed by atoms with E-state index >= 15 is 0 Å². The second-order valence-electron chi connectivity index (χ2n) is 3.38. The standard InChI is InChI=1S/C9H10ClN3O4S/c1-5(14)11-7-3-8(12-6(2)15)13-9(4-7)18(10,16)17/h3-4H,1-2H3,(H2,11,12,13,14,15). The molecule has 0 aliphatic carbocycles. The zero-order valence-electron chi connectivity index (χ0n) is 9.52. The molecule has 18 heavy (non-hydrogen) atoms. The van der Waals surface area contributed by atoms with Crippen LogP contribution in [0.1, 0.15) is 13.8 Å². The molecular weight excluding hydrogens is 282 g/mol. The van der Waals surface area contributed by atoms with Crippen LogP contribution in [0, 0.1) is 0 Å². The van der Waals surface area contributed by atoms with Crippen LogP contribution in [-0.2, 0) is 18.6 Å². The number of hydrogen-bond acceptors (Lipinski definition) is 5. The number of nitrogens with zero attached hydrogens (tertiary/aromatic N) is 1. The molecule has 0 aromatic carbocycles. The molecule has 0 fully saturated rings. The van der Waals surface area contributed by atoms with Gasteiger partial charge in [-0.1, -0.05) is 0 Å². The van der Waals surface area contributed by atoms with Gasteiger partial charge in [-0.3, -0.25) is 9.59 Å². The van der Waals surface area contributed by atoms with Gasteiger partial charge in [0.25, 0.3) is 9.05 Å². The van der Waals surface area contributed by atoms with Crippen LogP contribution in [0.3, 0.4) is 0 Å². The van der Waals surface area contributed by atoms with Crippen LogP contribution in [0.25, 0.3) is 0 Å². The molecule has 1 heterocycles. The number of hydrogen-bond donors (Lipinski definition) is 2. The molecule has 0 atom stereocenters.